The van der Waals surface area contributed by atoms with Gasteiger partial charge >= 0.3 is 0 Å². The molecule has 2 rings (SSSR count). The Labute approximate surface area is 87.3 Å². The number of aryl methyl sites for hydroxylation is 1. The highest BCUT2D eigenvalue weighted by atomic mass is 16.5. The van der Waals surface area contributed by atoms with Crippen LogP contribution in [0.15, 0.2) is 24.4 Å². The Bertz CT molecular complexity index is 452. The number of nitrogens with two attached hydrogens (primary N) is 1. The third-order valence-electron chi connectivity index (χ3n) is 1.90. The maximum Gasteiger partial charge on any atom is 0.238 e. The topological polar surface area (TPSA) is 76.8 Å². The molecule has 0 amide bonds. The summed E-state index contributed by atoms with van der Waals surface area (Å²) in [5, 5.41) is 6.77. The van der Waals surface area contributed by atoms with Crippen molar-refractivity contribution in [3.63, 3.8) is 0 Å². The van der Waals surface area contributed by atoms with Crippen LogP contribution in [0.4, 0.5) is 0 Å². The molecule has 5 nitrogen and oxygen atoms in total. The fourth-order valence-electron chi connectivity index (χ4n) is 1.20. The lowest BCUT2D eigenvalue weighted by molar-refractivity contribution is 0.460. The van der Waals surface area contributed by atoms with E-state index < -0.39 is 0 Å². The molecule has 0 aliphatic rings. The van der Waals surface area contributed by atoms with Crippen LogP contribution in [0.25, 0.3) is 0 Å². The van der Waals surface area contributed by atoms with Crippen molar-refractivity contribution in [1.29, 1.82) is 0 Å². The summed E-state index contributed by atoms with van der Waals surface area (Å²) in [6, 6.07) is 5.38. The van der Waals surface area contributed by atoms with Crippen LogP contribution in [-0.4, -0.2) is 15.2 Å². The predicted molar refractivity (Wildman–Crippen MR) is 55.5 cm³/mol. The van der Waals surface area contributed by atoms with Crippen LogP contribution in [-0.2, 0) is 6.54 Å². The lowest BCUT2D eigenvalue weighted by atomic mass is 10.3. The summed E-state index contributed by atoms with van der Waals surface area (Å²) in [4.78, 5) is 4.07. The van der Waals surface area contributed by atoms with Crippen molar-refractivity contribution in [3.05, 3.63) is 35.8 Å². The van der Waals surface area contributed by atoms with Gasteiger partial charge in [0.15, 0.2) is 0 Å². The third-order valence-corrected chi connectivity index (χ3v) is 1.90. The molecule has 0 saturated carbocycles. The second kappa shape index (κ2) is 4.10. The highest BCUT2D eigenvalue weighted by Gasteiger charge is 2.01. The first-order chi connectivity index (χ1) is 7.28. The summed E-state index contributed by atoms with van der Waals surface area (Å²) in [5.74, 6) is 1.23. The van der Waals surface area contributed by atoms with Crippen molar-refractivity contribution >= 4 is 0 Å². The Balaban J connectivity index is 2.16. The van der Waals surface area contributed by atoms with E-state index in [4.69, 9.17) is 10.5 Å². The largest absolute Gasteiger partial charge is 0.437 e. The number of nitrogens with one attached hydrogen (secondary N) is 1. The zero-order valence-electron chi connectivity index (χ0n) is 8.40. The molecule has 0 unspecified atom stereocenters. The zero-order valence-corrected chi connectivity index (χ0v) is 8.40. The molecule has 0 aliphatic carbocycles. The Morgan fingerprint density at radius 1 is 1.47 bits per heavy atom. The van der Waals surface area contributed by atoms with E-state index in [1.807, 2.05) is 13.0 Å². The number of nitrogens with zero attached hydrogens (tertiary/aromatic N) is 2. The summed E-state index contributed by atoms with van der Waals surface area (Å²) in [7, 11) is 0. The molecule has 0 fully saturated rings. The van der Waals surface area contributed by atoms with Crippen LogP contribution in [0.3, 0.4) is 0 Å². The van der Waals surface area contributed by atoms with Gasteiger partial charge in [0.05, 0.1) is 5.69 Å². The van der Waals surface area contributed by atoms with Crippen molar-refractivity contribution in [2.24, 2.45) is 5.73 Å². The Morgan fingerprint density at radius 3 is 3.00 bits per heavy atom. The van der Waals surface area contributed by atoms with E-state index in [1.54, 1.807) is 18.3 Å². The van der Waals surface area contributed by atoms with E-state index in [1.165, 1.54) is 0 Å². The molecule has 0 aliphatic heterocycles. The second-order valence-corrected chi connectivity index (χ2v) is 3.18. The van der Waals surface area contributed by atoms with Crippen LogP contribution in [0.1, 0.15) is 11.4 Å². The molecule has 0 radical (unpaired) electrons. The van der Waals surface area contributed by atoms with Crippen molar-refractivity contribution in [1.82, 2.24) is 15.2 Å². The van der Waals surface area contributed by atoms with Gasteiger partial charge in [-0.3, -0.25) is 10.1 Å². The summed E-state index contributed by atoms with van der Waals surface area (Å²) in [6.07, 6.45) is 1.66. The molecule has 3 N–H and O–H groups in total. The maximum atomic E-state index is 5.50. The molecular weight excluding hydrogens is 192 g/mol. The Kier molecular flexibility index (Phi) is 2.64. The molecule has 78 valence electrons. The van der Waals surface area contributed by atoms with Gasteiger partial charge in [0, 0.05) is 30.6 Å². The molecule has 2 heterocycles. The lowest BCUT2D eigenvalue weighted by Gasteiger charge is -2.02. The van der Waals surface area contributed by atoms with E-state index >= 15 is 0 Å². The summed E-state index contributed by atoms with van der Waals surface area (Å²) in [6.45, 7) is 2.31. The minimum Gasteiger partial charge on any atom is -0.437 e. The van der Waals surface area contributed by atoms with Crippen molar-refractivity contribution in [2.75, 3.05) is 0 Å². The van der Waals surface area contributed by atoms with Gasteiger partial charge in [0.2, 0.25) is 5.88 Å². The molecule has 0 aromatic carbocycles. The van der Waals surface area contributed by atoms with E-state index in [-0.39, 0.29) is 0 Å². The van der Waals surface area contributed by atoms with Gasteiger partial charge in [-0.1, -0.05) is 0 Å². The minimum atomic E-state index is 0.400. The monoisotopic (exact) mass is 204 g/mol. The maximum absolute atomic E-state index is 5.50. The lowest BCUT2D eigenvalue weighted by Crippen LogP contribution is -1.99. The molecule has 2 aromatic heterocycles. The van der Waals surface area contributed by atoms with Crippen molar-refractivity contribution in [2.45, 2.75) is 13.5 Å². The molecule has 0 saturated heterocycles. The first-order valence-electron chi connectivity index (χ1n) is 4.63. The van der Waals surface area contributed by atoms with Gasteiger partial charge in [-0.15, -0.1) is 5.10 Å². The van der Waals surface area contributed by atoms with Crippen molar-refractivity contribution in [3.8, 4) is 11.6 Å². The fraction of sp³-hybridized carbons (Fsp3) is 0.200. The molecule has 0 spiro atoms. The van der Waals surface area contributed by atoms with Gasteiger partial charge < -0.3 is 10.5 Å². The summed E-state index contributed by atoms with van der Waals surface area (Å²) in [5.41, 5.74) is 7.22. The molecule has 15 heavy (non-hydrogen) atoms. The van der Waals surface area contributed by atoms with Gasteiger partial charge in [0.25, 0.3) is 0 Å². The van der Waals surface area contributed by atoms with Gasteiger partial charge in [0.1, 0.15) is 5.75 Å². The summed E-state index contributed by atoms with van der Waals surface area (Å²) < 4.78 is 5.50. The number of hydrogen-bond donors (Lipinski definition) is 2. The number of rotatable bonds is 3. The van der Waals surface area contributed by atoms with Crippen LogP contribution in [0, 0.1) is 6.92 Å². The highest BCUT2D eigenvalue weighted by Crippen LogP contribution is 2.19. The first kappa shape index (κ1) is 9.67. The smallest absolute Gasteiger partial charge is 0.238 e. The van der Waals surface area contributed by atoms with Crippen LogP contribution < -0.4 is 10.5 Å². The zero-order chi connectivity index (χ0) is 10.7. The number of ether oxygens (including phenoxy) is 1. The predicted octanol–water partition coefficient (Wildman–Crippen LogP) is 1.36. The second-order valence-electron chi connectivity index (χ2n) is 3.18. The Morgan fingerprint density at radius 2 is 2.33 bits per heavy atom. The van der Waals surface area contributed by atoms with E-state index in [0.29, 0.717) is 18.2 Å². The SMILES string of the molecule is Cc1cc(Oc2ccnc(CN)c2)n[nH]1. The number of hydrogen-bond acceptors (Lipinski definition) is 4. The third kappa shape index (κ3) is 2.32. The van der Waals surface area contributed by atoms with Crippen LogP contribution in [0.5, 0.6) is 11.6 Å². The molecular formula is C10H12N4O. The van der Waals surface area contributed by atoms with E-state index in [2.05, 4.69) is 15.2 Å². The molecule has 0 atom stereocenters. The average Bonchev–Trinajstić information content (AvgIpc) is 2.64. The van der Waals surface area contributed by atoms with Crippen LogP contribution >= 0.6 is 0 Å². The fourth-order valence-corrected chi connectivity index (χ4v) is 1.20. The summed E-state index contributed by atoms with van der Waals surface area (Å²) >= 11 is 0. The average molecular weight is 204 g/mol. The van der Waals surface area contributed by atoms with E-state index in [9.17, 15) is 0 Å². The minimum absolute atomic E-state index is 0.400. The molecule has 2 aromatic rings. The van der Waals surface area contributed by atoms with Gasteiger partial charge in [-0.2, -0.15) is 0 Å². The number of aromatic nitrogens is 3. The number of pyridine rings is 1. The molecule has 0 bridgehead atoms. The van der Waals surface area contributed by atoms with Crippen molar-refractivity contribution < 1.29 is 4.74 Å². The van der Waals surface area contributed by atoms with E-state index in [0.717, 1.165) is 11.4 Å². The quantitative estimate of drug-likeness (QED) is 0.791. The van der Waals surface area contributed by atoms with Crippen LogP contribution in [0.2, 0.25) is 0 Å². The number of H-pyrrole nitrogens is 1. The Hall–Kier alpha value is -1.88. The highest BCUT2D eigenvalue weighted by molar-refractivity contribution is 5.27. The first-order valence-corrected chi connectivity index (χ1v) is 4.63. The molecule has 5 heteroatoms. The number of aromatic amines is 1. The van der Waals surface area contributed by atoms with Gasteiger partial charge in [-0.05, 0) is 13.0 Å². The normalized spacial score (nSPS) is 10.3. The standard InChI is InChI=1S/C10H12N4O/c1-7-4-10(14-13-7)15-9-2-3-12-8(5-9)6-11/h2-5H,6,11H2,1H3,(H,13,14). The van der Waals surface area contributed by atoms with Gasteiger partial charge in [-0.25, -0.2) is 0 Å².